The number of aromatic nitrogens is 3. The van der Waals surface area contributed by atoms with Crippen LogP contribution in [0.5, 0.6) is 0 Å². The summed E-state index contributed by atoms with van der Waals surface area (Å²) >= 11 is -1.86. The summed E-state index contributed by atoms with van der Waals surface area (Å²) in [6, 6.07) is 4.59. The molecule has 0 amide bonds. The van der Waals surface area contributed by atoms with Crippen LogP contribution in [0.15, 0.2) is 30.6 Å². The molecule has 3 heterocycles. The van der Waals surface area contributed by atoms with E-state index in [4.69, 9.17) is 14.5 Å². The van der Waals surface area contributed by atoms with Crippen LogP contribution in [0.1, 0.15) is 31.4 Å². The third-order valence-electron chi connectivity index (χ3n) is 5.01. The molecule has 2 aromatic heterocycles. The molecule has 172 valence electrons. The highest BCUT2D eigenvalue weighted by molar-refractivity contribution is 7.78. The number of nitrogens with zero attached hydrogens (tertiary/aromatic N) is 3. The molecule has 1 fully saturated rings. The number of hydrogen-bond donors (Lipinski definition) is 3. The monoisotopic (exact) mass is 463 g/mol. The van der Waals surface area contributed by atoms with Crippen molar-refractivity contribution in [1.29, 1.82) is 0 Å². The van der Waals surface area contributed by atoms with Crippen LogP contribution in [0, 0.1) is 11.6 Å². The molecule has 1 aliphatic rings. The van der Waals surface area contributed by atoms with Crippen LogP contribution >= 0.6 is 0 Å². The highest BCUT2D eigenvalue weighted by Crippen LogP contribution is 2.30. The molecular weight excluding hydrogens is 438 g/mol. The van der Waals surface area contributed by atoms with Crippen molar-refractivity contribution in [1.82, 2.24) is 20.3 Å². The maximum absolute atomic E-state index is 14.7. The fourth-order valence-electron chi connectivity index (χ4n) is 3.55. The molecule has 4 N–H and O–H groups in total. The van der Waals surface area contributed by atoms with Gasteiger partial charge < -0.3 is 20.9 Å². The summed E-state index contributed by atoms with van der Waals surface area (Å²) in [4.78, 5) is 12.5. The first-order valence-corrected chi connectivity index (χ1v) is 11.6. The SMILES string of the molecule is CC(N)c1ccnc2c(F)cc(-c3nc(NC4CCNCC4)ncc3F)cc12.CS(=O)[O-]. The molecule has 0 saturated carbocycles. The zero-order valence-electron chi connectivity index (χ0n) is 17.8. The van der Waals surface area contributed by atoms with Gasteiger partial charge in [0.1, 0.15) is 17.0 Å². The molecule has 8 nitrogen and oxygen atoms in total. The van der Waals surface area contributed by atoms with Gasteiger partial charge in [0.25, 0.3) is 0 Å². The van der Waals surface area contributed by atoms with Crippen LogP contribution in [0.3, 0.4) is 0 Å². The van der Waals surface area contributed by atoms with Crippen LogP contribution in [0.2, 0.25) is 0 Å². The lowest BCUT2D eigenvalue weighted by Crippen LogP contribution is -2.35. The fraction of sp³-hybridized carbons (Fsp3) is 0.381. The number of hydrogen-bond acceptors (Lipinski definition) is 8. The number of piperidine rings is 1. The first-order valence-electron chi connectivity index (χ1n) is 10.1. The molecular formula is C21H25F2N6O2S-. The lowest BCUT2D eigenvalue weighted by atomic mass is 10.00. The Kier molecular flexibility index (Phi) is 8.13. The van der Waals surface area contributed by atoms with E-state index < -0.39 is 22.7 Å². The number of nitrogens with two attached hydrogens (primary N) is 1. The summed E-state index contributed by atoms with van der Waals surface area (Å²) < 4.78 is 47.2. The minimum absolute atomic E-state index is 0.0479. The number of pyridine rings is 1. The third kappa shape index (κ3) is 6.00. The van der Waals surface area contributed by atoms with Crippen molar-refractivity contribution in [2.24, 2.45) is 5.73 Å². The van der Waals surface area contributed by atoms with Gasteiger partial charge in [-0.15, -0.1) is 0 Å². The van der Waals surface area contributed by atoms with Gasteiger partial charge >= 0.3 is 0 Å². The lowest BCUT2D eigenvalue weighted by molar-refractivity contribution is 0.477. The highest BCUT2D eigenvalue weighted by atomic mass is 32.2. The van der Waals surface area contributed by atoms with E-state index in [2.05, 4.69) is 25.6 Å². The molecule has 11 heteroatoms. The largest absolute Gasteiger partial charge is 0.773 e. The second-order valence-corrected chi connectivity index (χ2v) is 8.31. The van der Waals surface area contributed by atoms with Gasteiger partial charge in [-0.1, -0.05) is 11.1 Å². The van der Waals surface area contributed by atoms with Gasteiger partial charge in [0, 0.05) is 29.2 Å². The number of rotatable bonds is 4. The Morgan fingerprint density at radius 2 is 1.94 bits per heavy atom. The lowest BCUT2D eigenvalue weighted by Gasteiger charge is -2.23. The molecule has 0 aliphatic carbocycles. The molecule has 0 bridgehead atoms. The second-order valence-electron chi connectivity index (χ2n) is 7.50. The van der Waals surface area contributed by atoms with Crippen LogP contribution in [0.25, 0.3) is 22.2 Å². The topological polar surface area (TPSA) is 129 Å². The molecule has 3 aromatic rings. The summed E-state index contributed by atoms with van der Waals surface area (Å²) in [7, 11) is 0. The van der Waals surface area contributed by atoms with Gasteiger partial charge in [0.2, 0.25) is 5.95 Å². The molecule has 0 radical (unpaired) electrons. The van der Waals surface area contributed by atoms with E-state index in [0.717, 1.165) is 43.9 Å². The number of benzene rings is 1. The average Bonchev–Trinajstić information content (AvgIpc) is 2.75. The Labute approximate surface area is 187 Å². The number of fused-ring (bicyclic) bond motifs is 1. The quantitative estimate of drug-likeness (QED) is 0.504. The molecule has 32 heavy (non-hydrogen) atoms. The summed E-state index contributed by atoms with van der Waals surface area (Å²) in [6.45, 7) is 3.63. The Hall–Kier alpha value is -2.60. The molecule has 1 aliphatic heterocycles. The van der Waals surface area contributed by atoms with Crippen molar-refractivity contribution >= 4 is 27.9 Å². The van der Waals surface area contributed by atoms with Gasteiger partial charge in [-0.05, 0) is 62.9 Å². The van der Waals surface area contributed by atoms with Crippen molar-refractivity contribution in [3.63, 3.8) is 0 Å². The van der Waals surface area contributed by atoms with Crippen molar-refractivity contribution in [2.45, 2.75) is 31.8 Å². The summed E-state index contributed by atoms with van der Waals surface area (Å²) in [5.74, 6) is -0.816. The Balaban J connectivity index is 0.000000668. The molecule has 1 aromatic carbocycles. The zero-order valence-corrected chi connectivity index (χ0v) is 18.6. The normalized spacial score (nSPS) is 16.2. The minimum Gasteiger partial charge on any atom is -0.773 e. The van der Waals surface area contributed by atoms with Crippen molar-refractivity contribution in [3.8, 4) is 11.3 Å². The predicted octanol–water partition coefficient (Wildman–Crippen LogP) is 2.65. The van der Waals surface area contributed by atoms with E-state index in [-0.39, 0.29) is 23.3 Å². The van der Waals surface area contributed by atoms with Crippen LogP contribution in [-0.2, 0) is 11.1 Å². The minimum atomic E-state index is -1.86. The number of nitrogens with one attached hydrogen (secondary N) is 2. The molecule has 2 unspecified atom stereocenters. The number of halogens is 2. The third-order valence-corrected chi connectivity index (χ3v) is 5.01. The summed E-state index contributed by atoms with van der Waals surface area (Å²) in [5.41, 5.74) is 7.34. The number of anilines is 1. The first-order chi connectivity index (χ1) is 15.3. The van der Waals surface area contributed by atoms with Crippen LogP contribution < -0.4 is 16.4 Å². The standard InChI is InChI=1S/C20H22F2N6.CH4O2S/c1-11(23)14-4-7-25-19-15(14)8-12(9-16(19)21)18-17(22)10-26-20(28-18)27-13-2-5-24-6-3-13;1-4(2)3/h4,7-11,13,24H,2-3,5-6,23H2,1H3,(H,26,27,28);1H3,(H,2,3)/p-1. The van der Waals surface area contributed by atoms with Gasteiger partial charge in [-0.2, -0.15) is 0 Å². The van der Waals surface area contributed by atoms with E-state index in [1.807, 2.05) is 6.92 Å². The highest BCUT2D eigenvalue weighted by Gasteiger charge is 2.18. The predicted molar refractivity (Wildman–Crippen MR) is 120 cm³/mol. The molecule has 1 saturated heterocycles. The van der Waals surface area contributed by atoms with E-state index in [9.17, 15) is 8.78 Å². The van der Waals surface area contributed by atoms with Gasteiger partial charge in [-0.25, -0.2) is 18.7 Å². The van der Waals surface area contributed by atoms with Crippen molar-refractivity contribution < 1.29 is 17.5 Å². The van der Waals surface area contributed by atoms with Crippen LogP contribution in [-0.4, -0.2) is 49.1 Å². The van der Waals surface area contributed by atoms with Crippen molar-refractivity contribution in [3.05, 3.63) is 47.8 Å². The van der Waals surface area contributed by atoms with Gasteiger partial charge in [0.05, 0.1) is 6.20 Å². The van der Waals surface area contributed by atoms with E-state index >= 15 is 0 Å². The van der Waals surface area contributed by atoms with E-state index in [1.54, 1.807) is 12.1 Å². The van der Waals surface area contributed by atoms with Crippen molar-refractivity contribution in [2.75, 3.05) is 24.7 Å². The fourth-order valence-corrected chi connectivity index (χ4v) is 3.55. The Morgan fingerprint density at radius 3 is 2.59 bits per heavy atom. The molecule has 2 atom stereocenters. The van der Waals surface area contributed by atoms with E-state index in [1.165, 1.54) is 12.3 Å². The average molecular weight is 464 g/mol. The van der Waals surface area contributed by atoms with Crippen LogP contribution in [0.4, 0.5) is 14.7 Å². The van der Waals surface area contributed by atoms with Gasteiger partial charge in [-0.3, -0.25) is 9.19 Å². The second kappa shape index (κ2) is 10.8. The Morgan fingerprint density at radius 1 is 1.25 bits per heavy atom. The zero-order chi connectivity index (χ0) is 23.3. The molecule has 4 rings (SSSR count). The first kappa shape index (κ1) is 24.1. The Bertz CT molecular complexity index is 1110. The van der Waals surface area contributed by atoms with Gasteiger partial charge in [0.15, 0.2) is 5.82 Å². The summed E-state index contributed by atoms with van der Waals surface area (Å²) in [6.07, 6.45) is 5.59. The maximum Gasteiger partial charge on any atom is 0.223 e. The summed E-state index contributed by atoms with van der Waals surface area (Å²) in [5, 5.41) is 7.08. The maximum atomic E-state index is 14.7. The molecule has 0 spiro atoms. The van der Waals surface area contributed by atoms with E-state index in [0.29, 0.717) is 16.9 Å². The smallest absolute Gasteiger partial charge is 0.223 e.